The Balaban J connectivity index is 2.21. The number of hydrogen-bond acceptors (Lipinski definition) is 1. The molecule has 2 heteroatoms. The van der Waals surface area contributed by atoms with E-state index in [1.807, 2.05) is 23.5 Å². The van der Waals surface area contributed by atoms with Crippen LogP contribution in [-0.2, 0) is 6.42 Å². The summed E-state index contributed by atoms with van der Waals surface area (Å²) in [5.74, 6) is 0. The van der Waals surface area contributed by atoms with Crippen molar-refractivity contribution in [2.75, 3.05) is 0 Å². The fraction of sp³-hybridized carbons (Fsp3) is 0.308. The van der Waals surface area contributed by atoms with Gasteiger partial charge in [0.15, 0.2) is 0 Å². The van der Waals surface area contributed by atoms with Crippen LogP contribution >= 0.6 is 22.9 Å². The Bertz CT molecular complexity index is 445. The van der Waals surface area contributed by atoms with Gasteiger partial charge in [-0.15, -0.1) is 11.3 Å². The lowest BCUT2D eigenvalue weighted by molar-refractivity contribution is 0.755. The Morgan fingerprint density at radius 1 is 1.27 bits per heavy atom. The fourth-order valence-electron chi connectivity index (χ4n) is 1.74. The molecular weight excluding hydrogens is 224 g/mol. The van der Waals surface area contributed by atoms with Crippen molar-refractivity contribution in [3.63, 3.8) is 0 Å². The van der Waals surface area contributed by atoms with E-state index in [9.17, 15) is 0 Å². The van der Waals surface area contributed by atoms with Crippen LogP contribution in [0.4, 0.5) is 0 Å². The second-order valence-electron chi connectivity index (χ2n) is 3.70. The van der Waals surface area contributed by atoms with E-state index in [0.717, 1.165) is 11.4 Å². The number of hydrogen-bond donors (Lipinski definition) is 0. The van der Waals surface area contributed by atoms with Gasteiger partial charge < -0.3 is 0 Å². The molecule has 1 heterocycles. The molecule has 0 aliphatic rings. The summed E-state index contributed by atoms with van der Waals surface area (Å²) in [6, 6.07) is 6.15. The quantitative estimate of drug-likeness (QED) is 0.649. The minimum atomic E-state index is 0.824. The van der Waals surface area contributed by atoms with E-state index in [2.05, 4.69) is 18.4 Å². The summed E-state index contributed by atoms with van der Waals surface area (Å²) in [5.41, 5.74) is 0. The Morgan fingerprint density at radius 2 is 2.13 bits per heavy atom. The first-order valence-corrected chi connectivity index (χ1v) is 6.52. The van der Waals surface area contributed by atoms with Gasteiger partial charge in [0.25, 0.3) is 0 Å². The maximum absolute atomic E-state index is 5.95. The summed E-state index contributed by atoms with van der Waals surface area (Å²) in [7, 11) is 0. The number of rotatable bonds is 4. The summed E-state index contributed by atoms with van der Waals surface area (Å²) in [5, 5.41) is 5.66. The van der Waals surface area contributed by atoms with Crippen LogP contribution in [0.1, 0.15) is 24.1 Å². The predicted molar refractivity (Wildman–Crippen MR) is 69.7 cm³/mol. The predicted octanol–water partition coefficient (Wildman–Crippen LogP) is 5.10. The molecule has 0 saturated heterocycles. The number of benzene rings is 1. The third-order valence-electron chi connectivity index (χ3n) is 2.55. The largest absolute Gasteiger partial charge is 0.148 e. The maximum atomic E-state index is 5.95. The molecule has 2 rings (SSSR count). The van der Waals surface area contributed by atoms with Gasteiger partial charge >= 0.3 is 0 Å². The van der Waals surface area contributed by atoms with Gasteiger partial charge in [-0.25, -0.2) is 0 Å². The first-order chi connectivity index (χ1) is 7.31. The van der Waals surface area contributed by atoms with Crippen LogP contribution in [0.2, 0.25) is 5.02 Å². The zero-order valence-corrected chi connectivity index (χ0v) is 10.2. The van der Waals surface area contributed by atoms with Gasteiger partial charge in [-0.3, -0.25) is 0 Å². The van der Waals surface area contributed by atoms with E-state index >= 15 is 0 Å². The SMILES string of the molecule is [CH2]CCCCc1scc2cc(Cl)ccc12. The second-order valence-corrected chi connectivity index (χ2v) is 5.10. The highest BCUT2D eigenvalue weighted by atomic mass is 35.5. The molecule has 0 fully saturated rings. The van der Waals surface area contributed by atoms with Crippen molar-refractivity contribution in [2.24, 2.45) is 0 Å². The summed E-state index contributed by atoms with van der Waals surface area (Å²) in [6.45, 7) is 3.86. The number of thiophene rings is 1. The minimum Gasteiger partial charge on any atom is -0.148 e. The molecule has 0 N–H and O–H groups in total. The molecule has 79 valence electrons. The highest BCUT2D eigenvalue weighted by molar-refractivity contribution is 7.11. The lowest BCUT2D eigenvalue weighted by atomic mass is 10.1. The highest BCUT2D eigenvalue weighted by Gasteiger charge is 2.03. The normalized spacial score (nSPS) is 11.1. The molecule has 15 heavy (non-hydrogen) atoms. The zero-order chi connectivity index (χ0) is 10.7. The van der Waals surface area contributed by atoms with Gasteiger partial charge in [-0.1, -0.05) is 37.4 Å². The highest BCUT2D eigenvalue weighted by Crippen LogP contribution is 2.29. The van der Waals surface area contributed by atoms with E-state index in [1.165, 1.54) is 34.9 Å². The lowest BCUT2D eigenvalue weighted by Gasteiger charge is -1.98. The molecule has 1 aromatic carbocycles. The zero-order valence-electron chi connectivity index (χ0n) is 8.63. The van der Waals surface area contributed by atoms with Crippen molar-refractivity contribution in [3.05, 3.63) is 40.4 Å². The van der Waals surface area contributed by atoms with Crippen LogP contribution in [-0.4, -0.2) is 0 Å². The molecule has 0 aliphatic heterocycles. The molecule has 0 atom stereocenters. The van der Waals surface area contributed by atoms with Crippen LogP contribution in [0.25, 0.3) is 10.8 Å². The molecule has 0 bridgehead atoms. The fourth-order valence-corrected chi connectivity index (χ4v) is 2.96. The Hall–Kier alpha value is -0.530. The first-order valence-electron chi connectivity index (χ1n) is 5.26. The molecule has 0 nitrogen and oxygen atoms in total. The molecule has 0 saturated carbocycles. The van der Waals surface area contributed by atoms with Gasteiger partial charge in [0.1, 0.15) is 0 Å². The van der Waals surface area contributed by atoms with Crippen LogP contribution in [0.15, 0.2) is 23.6 Å². The van der Waals surface area contributed by atoms with Gasteiger partial charge in [-0.2, -0.15) is 0 Å². The molecular formula is C13H14ClS. The average molecular weight is 238 g/mol. The number of aryl methyl sites for hydroxylation is 1. The van der Waals surface area contributed by atoms with E-state index in [4.69, 9.17) is 11.6 Å². The standard InChI is InChI=1S/C13H14ClS/c1-2-3-4-5-13-12-7-6-11(14)8-10(12)9-15-13/h6-9H,1-5H2. The molecule has 2 aromatic rings. The lowest BCUT2D eigenvalue weighted by Crippen LogP contribution is -1.81. The van der Waals surface area contributed by atoms with Crippen molar-refractivity contribution < 1.29 is 0 Å². The molecule has 0 spiro atoms. The van der Waals surface area contributed by atoms with E-state index in [-0.39, 0.29) is 0 Å². The van der Waals surface area contributed by atoms with Crippen molar-refractivity contribution in [2.45, 2.75) is 25.7 Å². The van der Waals surface area contributed by atoms with Crippen molar-refractivity contribution in [1.29, 1.82) is 0 Å². The maximum Gasteiger partial charge on any atom is 0.0412 e. The van der Waals surface area contributed by atoms with Crippen molar-refractivity contribution >= 4 is 33.7 Å². The monoisotopic (exact) mass is 237 g/mol. The van der Waals surface area contributed by atoms with Crippen LogP contribution in [0.5, 0.6) is 0 Å². The third kappa shape index (κ3) is 2.53. The Morgan fingerprint density at radius 3 is 2.93 bits per heavy atom. The van der Waals surface area contributed by atoms with Crippen molar-refractivity contribution in [3.8, 4) is 0 Å². The number of unbranched alkanes of at least 4 members (excludes halogenated alkanes) is 2. The summed E-state index contributed by atoms with van der Waals surface area (Å²) >= 11 is 7.79. The second kappa shape index (κ2) is 5.00. The molecule has 1 radical (unpaired) electrons. The van der Waals surface area contributed by atoms with E-state index in [1.54, 1.807) is 0 Å². The van der Waals surface area contributed by atoms with Crippen LogP contribution in [0, 0.1) is 6.92 Å². The van der Waals surface area contributed by atoms with Gasteiger partial charge in [0.05, 0.1) is 0 Å². The smallest absolute Gasteiger partial charge is 0.0412 e. The van der Waals surface area contributed by atoms with Gasteiger partial charge in [-0.05, 0) is 41.1 Å². The van der Waals surface area contributed by atoms with Crippen LogP contribution < -0.4 is 0 Å². The minimum absolute atomic E-state index is 0.824. The topological polar surface area (TPSA) is 0 Å². The summed E-state index contributed by atoms with van der Waals surface area (Å²) in [6.07, 6.45) is 4.66. The Kier molecular flexibility index (Phi) is 3.66. The number of fused-ring (bicyclic) bond motifs is 1. The summed E-state index contributed by atoms with van der Waals surface area (Å²) < 4.78 is 0. The molecule has 0 aliphatic carbocycles. The first kappa shape index (κ1) is 11.0. The van der Waals surface area contributed by atoms with Crippen molar-refractivity contribution in [1.82, 2.24) is 0 Å². The van der Waals surface area contributed by atoms with Gasteiger partial charge in [0, 0.05) is 9.90 Å². The Labute approximate surface area is 99.9 Å². The molecule has 1 aromatic heterocycles. The van der Waals surface area contributed by atoms with E-state index < -0.39 is 0 Å². The van der Waals surface area contributed by atoms with E-state index in [0.29, 0.717) is 0 Å². The van der Waals surface area contributed by atoms with Gasteiger partial charge in [0.2, 0.25) is 0 Å². The third-order valence-corrected chi connectivity index (χ3v) is 3.86. The molecule has 0 unspecified atom stereocenters. The number of halogens is 1. The average Bonchev–Trinajstić information content (AvgIpc) is 2.61. The molecule has 0 amide bonds. The van der Waals surface area contributed by atoms with Crippen LogP contribution in [0.3, 0.4) is 0 Å². The summed E-state index contributed by atoms with van der Waals surface area (Å²) in [4.78, 5) is 1.48.